The fourth-order valence-corrected chi connectivity index (χ4v) is 2.49. The third-order valence-electron chi connectivity index (χ3n) is 3.77. The van der Waals surface area contributed by atoms with Crippen molar-refractivity contribution in [2.75, 3.05) is 0 Å². The number of nitrogens with zero attached hydrogens (tertiary/aromatic N) is 8. The van der Waals surface area contributed by atoms with Crippen LogP contribution in [0.3, 0.4) is 0 Å². The van der Waals surface area contributed by atoms with E-state index in [-0.39, 0.29) is 82.8 Å². The van der Waals surface area contributed by atoms with Crippen LogP contribution in [-0.2, 0) is 0 Å². The normalized spacial score (nSPS) is 20.5. The van der Waals surface area contributed by atoms with Gasteiger partial charge in [0.05, 0.1) is 12.1 Å². The van der Waals surface area contributed by atoms with Crippen molar-refractivity contribution < 1.29 is 4.79 Å². The molecule has 0 saturated carbocycles. The maximum atomic E-state index is 12.4. The predicted molar refractivity (Wildman–Crippen MR) is 97.2 cm³/mol. The van der Waals surface area contributed by atoms with Gasteiger partial charge in [-0.05, 0) is 23.3 Å². The van der Waals surface area contributed by atoms with Gasteiger partial charge in [0.1, 0.15) is 0 Å². The minimum atomic E-state index is -0.488. The van der Waals surface area contributed by atoms with Crippen molar-refractivity contribution >= 4 is 64.9 Å². The summed E-state index contributed by atoms with van der Waals surface area (Å²) in [4.78, 5) is 15.3. The van der Waals surface area contributed by atoms with Crippen LogP contribution in [0.4, 0.5) is 0 Å². The Labute approximate surface area is 193 Å². The van der Waals surface area contributed by atoms with Crippen molar-refractivity contribution in [1.82, 2.24) is 40.4 Å². The standard InChI is InChI=1S/C15H14N8O.2Na.2H/c24-13(14-16-20-22(18-14)11-7-3-1-4-8-11)15-17-21-23(19-15)12-9-5-2-6-10-12;;;;/h1-7,9,11-12H,8,10H2;;;;. The SMILES string of the molecule is O=C(c1nnn(C2C=CC=CC2)n1)c1nnn(C2C=CC=CC2)n1.[NaH].[NaH]. The summed E-state index contributed by atoms with van der Waals surface area (Å²) in [6.07, 6.45) is 17.2. The fraction of sp³-hybridized carbons (Fsp3) is 0.267. The minimum absolute atomic E-state index is 0. The van der Waals surface area contributed by atoms with Gasteiger partial charge >= 0.3 is 59.1 Å². The molecule has 0 spiro atoms. The van der Waals surface area contributed by atoms with Crippen molar-refractivity contribution in [3.63, 3.8) is 0 Å². The quantitative estimate of drug-likeness (QED) is 0.538. The first-order valence-electron chi connectivity index (χ1n) is 7.61. The number of ketones is 1. The summed E-state index contributed by atoms with van der Waals surface area (Å²) in [6, 6.07) is -0.0706. The number of hydrogen-bond acceptors (Lipinski definition) is 7. The second-order valence-corrected chi connectivity index (χ2v) is 5.43. The second kappa shape index (κ2) is 9.63. The third-order valence-corrected chi connectivity index (χ3v) is 3.77. The maximum absolute atomic E-state index is 12.4. The summed E-state index contributed by atoms with van der Waals surface area (Å²) in [6.45, 7) is 0. The molecule has 9 nitrogen and oxygen atoms in total. The van der Waals surface area contributed by atoms with Crippen molar-refractivity contribution in [3.8, 4) is 0 Å². The number of carbonyl (C=O) groups is 1. The molecule has 2 unspecified atom stereocenters. The predicted octanol–water partition coefficient (Wildman–Crippen LogP) is -0.292. The van der Waals surface area contributed by atoms with Gasteiger partial charge in [-0.2, -0.15) is 9.59 Å². The van der Waals surface area contributed by atoms with E-state index >= 15 is 0 Å². The van der Waals surface area contributed by atoms with E-state index in [1.807, 2.05) is 48.6 Å². The number of hydrogen-bond donors (Lipinski definition) is 0. The van der Waals surface area contributed by atoms with Gasteiger partial charge in [0, 0.05) is 0 Å². The number of rotatable bonds is 4. The molecule has 0 bridgehead atoms. The van der Waals surface area contributed by atoms with Gasteiger partial charge in [0.25, 0.3) is 5.78 Å². The van der Waals surface area contributed by atoms with Crippen LogP contribution in [0.5, 0.6) is 0 Å². The molecule has 2 aliphatic rings. The zero-order valence-corrected chi connectivity index (χ0v) is 12.7. The first kappa shape index (κ1) is 21.1. The molecule has 0 aromatic carbocycles. The number of carbonyl (C=O) groups excluding carboxylic acids is 1. The molecule has 4 rings (SSSR count). The molecule has 2 aliphatic carbocycles. The van der Waals surface area contributed by atoms with Crippen LogP contribution < -0.4 is 0 Å². The Morgan fingerprint density at radius 2 is 1.27 bits per heavy atom. The van der Waals surface area contributed by atoms with Crippen molar-refractivity contribution in [3.05, 3.63) is 60.3 Å². The van der Waals surface area contributed by atoms with E-state index in [2.05, 4.69) is 30.8 Å². The summed E-state index contributed by atoms with van der Waals surface area (Å²) in [5.74, 6) is -0.550. The summed E-state index contributed by atoms with van der Waals surface area (Å²) in [5, 5.41) is 23.8. The Bertz CT molecular complexity index is 812. The zero-order chi connectivity index (χ0) is 16.4. The second-order valence-electron chi connectivity index (χ2n) is 5.43. The van der Waals surface area contributed by atoms with Crippen LogP contribution in [0.2, 0.25) is 0 Å². The topological polar surface area (TPSA) is 104 Å². The summed E-state index contributed by atoms with van der Waals surface area (Å²) < 4.78 is 0. The van der Waals surface area contributed by atoms with E-state index < -0.39 is 5.78 Å². The first-order chi connectivity index (χ1) is 11.8. The third kappa shape index (κ3) is 4.54. The monoisotopic (exact) mass is 370 g/mol. The molecular formula is C15H16N8Na2O. The molecule has 2 aromatic heterocycles. The average molecular weight is 370 g/mol. The van der Waals surface area contributed by atoms with Gasteiger partial charge in [0.15, 0.2) is 0 Å². The van der Waals surface area contributed by atoms with E-state index in [0.717, 1.165) is 12.8 Å². The van der Waals surface area contributed by atoms with Gasteiger partial charge in [-0.15, -0.1) is 20.4 Å². The van der Waals surface area contributed by atoms with Gasteiger partial charge in [-0.25, -0.2) is 0 Å². The Kier molecular flexibility index (Phi) is 7.81. The van der Waals surface area contributed by atoms with Crippen molar-refractivity contribution in [2.45, 2.75) is 24.9 Å². The van der Waals surface area contributed by atoms with Crippen LogP contribution in [0.1, 0.15) is 41.4 Å². The van der Waals surface area contributed by atoms with Gasteiger partial charge in [-0.1, -0.05) is 48.6 Å². The van der Waals surface area contributed by atoms with E-state index in [0.29, 0.717) is 0 Å². The Hall–Kier alpha value is -1.23. The molecule has 2 heterocycles. The van der Waals surface area contributed by atoms with Crippen molar-refractivity contribution in [1.29, 1.82) is 0 Å². The van der Waals surface area contributed by atoms with Crippen molar-refractivity contribution in [2.24, 2.45) is 0 Å². The van der Waals surface area contributed by atoms with E-state index in [1.165, 1.54) is 9.59 Å². The molecule has 0 N–H and O–H groups in total. The van der Waals surface area contributed by atoms with Crippen LogP contribution >= 0.6 is 0 Å². The summed E-state index contributed by atoms with van der Waals surface area (Å²) in [7, 11) is 0. The molecule has 0 amide bonds. The average Bonchev–Trinajstić information content (AvgIpc) is 3.33. The van der Waals surface area contributed by atoms with Gasteiger partial charge < -0.3 is 0 Å². The first-order valence-corrected chi connectivity index (χ1v) is 7.61. The Morgan fingerprint density at radius 3 is 1.65 bits per heavy atom. The van der Waals surface area contributed by atoms with E-state index in [9.17, 15) is 4.79 Å². The van der Waals surface area contributed by atoms with Crippen LogP contribution in [0.15, 0.2) is 48.6 Å². The number of aromatic nitrogens is 8. The van der Waals surface area contributed by atoms with Crippen LogP contribution in [0, 0.1) is 0 Å². The van der Waals surface area contributed by atoms with E-state index in [4.69, 9.17) is 0 Å². The fourth-order valence-electron chi connectivity index (χ4n) is 2.49. The van der Waals surface area contributed by atoms with E-state index in [1.54, 1.807) is 0 Å². The number of tetrazole rings is 2. The molecule has 0 saturated heterocycles. The Balaban J connectivity index is 0.00000121. The van der Waals surface area contributed by atoms with Crippen LogP contribution in [-0.4, -0.2) is 105 Å². The molecule has 11 heteroatoms. The number of allylic oxidation sites excluding steroid dienone is 8. The summed E-state index contributed by atoms with van der Waals surface area (Å²) >= 11 is 0. The molecular weight excluding hydrogens is 354 g/mol. The van der Waals surface area contributed by atoms with Crippen LogP contribution in [0.25, 0.3) is 0 Å². The molecule has 124 valence electrons. The van der Waals surface area contributed by atoms with Gasteiger partial charge in [0.2, 0.25) is 11.6 Å². The Morgan fingerprint density at radius 1 is 0.808 bits per heavy atom. The van der Waals surface area contributed by atoms with Gasteiger partial charge in [-0.3, -0.25) is 4.79 Å². The molecule has 2 aromatic rings. The molecule has 26 heavy (non-hydrogen) atoms. The molecule has 0 fully saturated rings. The zero-order valence-electron chi connectivity index (χ0n) is 12.7. The molecule has 2 atom stereocenters. The molecule has 0 radical (unpaired) electrons. The molecule has 0 aliphatic heterocycles. The summed E-state index contributed by atoms with van der Waals surface area (Å²) in [5.41, 5.74) is 0.